The second-order valence-electron chi connectivity index (χ2n) is 27.2. The van der Waals surface area contributed by atoms with E-state index in [1.165, 1.54) is 283 Å². The second kappa shape index (κ2) is 71.0. The molecule has 0 aliphatic carbocycles. The summed E-state index contributed by atoms with van der Waals surface area (Å²) < 4.78 is 39.5. The zero-order valence-corrected chi connectivity index (χ0v) is 61.3. The number of hydrogen-bond donors (Lipinski definition) is 1. The van der Waals surface area contributed by atoms with E-state index < -0.39 is 6.10 Å². The van der Waals surface area contributed by atoms with Crippen molar-refractivity contribution >= 4 is 0 Å². The Morgan fingerprint density at radius 2 is 0.440 bits per heavy atom. The fraction of sp³-hybridized carbons (Fsp3) is 1.00. The molecule has 0 bridgehead atoms. The first-order chi connectivity index (χ1) is 40.1. The molecular formula is C73H152Br2N2O7. The van der Waals surface area contributed by atoms with Gasteiger partial charge in [0.25, 0.3) is 0 Å². The van der Waals surface area contributed by atoms with Gasteiger partial charge in [-0.1, -0.05) is 310 Å². The van der Waals surface area contributed by atoms with Gasteiger partial charge < -0.3 is 76.5 Å². The molecule has 0 aliphatic rings. The molecule has 0 heterocycles. The van der Waals surface area contributed by atoms with Gasteiger partial charge in [-0.25, -0.2) is 0 Å². The van der Waals surface area contributed by atoms with Crippen LogP contribution in [0.5, 0.6) is 0 Å². The van der Waals surface area contributed by atoms with E-state index in [9.17, 15) is 5.11 Å². The topological polar surface area (TPSA) is 75.6 Å². The predicted octanol–water partition coefficient (Wildman–Crippen LogP) is 14.1. The summed E-state index contributed by atoms with van der Waals surface area (Å²) in [5.41, 5.74) is 0. The van der Waals surface area contributed by atoms with E-state index in [0.29, 0.717) is 26.4 Å². The summed E-state index contributed by atoms with van der Waals surface area (Å²) in [6, 6.07) is 0. The van der Waals surface area contributed by atoms with E-state index >= 15 is 0 Å². The lowest BCUT2D eigenvalue weighted by Crippen LogP contribution is -3.00. The summed E-state index contributed by atoms with van der Waals surface area (Å²) in [5, 5.41) is 10.9. The Kier molecular flexibility index (Phi) is 75.1. The third kappa shape index (κ3) is 70.1. The number of aliphatic hydroxyl groups excluding tert-OH is 1. The SMILES string of the molecule is CCCCCCCCCCCCCCOC[C@@H](C[N+](C)(C)CCOCC(O)COCC[N+](C)(C)C[C@H](COCCCCCCCCCCCCCC)OCCCCCCCCCCCCCC)OCCCCCCCCCCCCCC.[Br-].[Br-]. The van der Waals surface area contributed by atoms with Crippen molar-refractivity contribution in [2.45, 2.75) is 354 Å². The van der Waals surface area contributed by atoms with Gasteiger partial charge >= 0.3 is 0 Å². The van der Waals surface area contributed by atoms with Crippen LogP contribution in [0.1, 0.15) is 336 Å². The Labute approximate surface area is 547 Å². The normalized spacial score (nSPS) is 12.8. The van der Waals surface area contributed by atoms with E-state index in [1.807, 2.05) is 0 Å². The van der Waals surface area contributed by atoms with E-state index in [1.54, 1.807) is 0 Å². The summed E-state index contributed by atoms with van der Waals surface area (Å²) >= 11 is 0. The van der Waals surface area contributed by atoms with Gasteiger partial charge in [0.1, 0.15) is 44.5 Å². The fourth-order valence-corrected chi connectivity index (χ4v) is 11.6. The molecule has 0 spiro atoms. The van der Waals surface area contributed by atoms with Crippen molar-refractivity contribution < 1.29 is 76.5 Å². The number of likely N-dealkylation sites (N-methyl/N-ethyl adjacent to an activating group) is 2. The number of nitrogens with zero attached hydrogens (tertiary/aromatic N) is 2. The van der Waals surface area contributed by atoms with E-state index in [2.05, 4.69) is 55.9 Å². The third-order valence-corrected chi connectivity index (χ3v) is 17.3. The van der Waals surface area contributed by atoms with Crippen molar-refractivity contribution in [1.29, 1.82) is 0 Å². The van der Waals surface area contributed by atoms with Gasteiger partial charge in [0.05, 0.1) is 67.8 Å². The molecule has 0 aromatic carbocycles. The van der Waals surface area contributed by atoms with Gasteiger partial charge in [0.2, 0.25) is 0 Å². The van der Waals surface area contributed by atoms with Gasteiger partial charge in [0, 0.05) is 26.4 Å². The molecule has 84 heavy (non-hydrogen) atoms. The van der Waals surface area contributed by atoms with Gasteiger partial charge in [-0.05, 0) is 25.7 Å². The maximum atomic E-state index is 10.9. The molecule has 11 heteroatoms. The van der Waals surface area contributed by atoms with Crippen LogP contribution in [-0.4, -0.2) is 153 Å². The minimum atomic E-state index is -0.646. The number of rotatable bonds is 72. The first kappa shape index (κ1) is 88.8. The molecule has 0 radical (unpaired) electrons. The molecular weight excluding hydrogens is 1180 g/mol. The van der Waals surface area contributed by atoms with Crippen molar-refractivity contribution in [2.24, 2.45) is 0 Å². The van der Waals surface area contributed by atoms with Crippen LogP contribution in [0, 0.1) is 0 Å². The summed E-state index contributed by atoms with van der Waals surface area (Å²) in [5.74, 6) is 0. The van der Waals surface area contributed by atoms with Gasteiger partial charge in [-0.15, -0.1) is 0 Å². The van der Waals surface area contributed by atoms with Crippen molar-refractivity contribution in [3.05, 3.63) is 0 Å². The van der Waals surface area contributed by atoms with Crippen molar-refractivity contribution in [3.63, 3.8) is 0 Å². The highest BCUT2D eigenvalue weighted by Crippen LogP contribution is 2.18. The molecule has 0 fully saturated rings. The summed E-state index contributed by atoms with van der Waals surface area (Å²) in [4.78, 5) is 0. The van der Waals surface area contributed by atoms with Crippen LogP contribution in [0.15, 0.2) is 0 Å². The van der Waals surface area contributed by atoms with Crippen LogP contribution in [0.2, 0.25) is 0 Å². The Balaban J connectivity index is -0.0000328. The summed E-state index contributed by atoms with van der Waals surface area (Å²) in [6.07, 6.45) is 64.5. The maximum absolute atomic E-state index is 10.9. The predicted molar refractivity (Wildman–Crippen MR) is 357 cm³/mol. The number of hydrogen-bond acceptors (Lipinski definition) is 7. The zero-order chi connectivity index (χ0) is 59.8. The van der Waals surface area contributed by atoms with Crippen molar-refractivity contribution in [2.75, 3.05) is 120 Å². The largest absolute Gasteiger partial charge is 1.00 e. The smallest absolute Gasteiger partial charge is 0.130 e. The Hall–Kier alpha value is 0.600. The maximum Gasteiger partial charge on any atom is 0.130 e. The highest BCUT2D eigenvalue weighted by atomic mass is 79.9. The van der Waals surface area contributed by atoms with Crippen LogP contribution in [0.3, 0.4) is 0 Å². The lowest BCUT2D eigenvalue weighted by Gasteiger charge is -2.33. The molecule has 2 atom stereocenters. The number of quaternary nitrogens is 2. The molecule has 0 unspecified atom stereocenters. The van der Waals surface area contributed by atoms with Crippen LogP contribution >= 0.6 is 0 Å². The molecule has 0 aromatic heterocycles. The molecule has 0 aromatic rings. The Bertz CT molecular complexity index is 1120. The number of halogens is 2. The third-order valence-electron chi connectivity index (χ3n) is 17.3. The molecule has 0 aliphatic heterocycles. The van der Waals surface area contributed by atoms with Gasteiger partial charge in [0.15, 0.2) is 0 Å². The molecule has 0 rings (SSSR count). The Morgan fingerprint density at radius 1 is 0.250 bits per heavy atom. The first-order valence-electron chi connectivity index (χ1n) is 36.9. The zero-order valence-electron chi connectivity index (χ0n) is 58.1. The lowest BCUT2D eigenvalue weighted by molar-refractivity contribution is -0.894. The summed E-state index contributed by atoms with van der Waals surface area (Å²) in [6.45, 7) is 19.0. The highest BCUT2D eigenvalue weighted by Gasteiger charge is 2.25. The minimum Gasteiger partial charge on any atom is -1.00 e. The molecule has 0 saturated heterocycles. The Morgan fingerprint density at radius 3 is 0.667 bits per heavy atom. The van der Waals surface area contributed by atoms with E-state index in [0.717, 1.165) is 87.3 Å². The average Bonchev–Trinajstić information content (AvgIpc) is 3.47. The molecule has 510 valence electrons. The van der Waals surface area contributed by atoms with Crippen LogP contribution in [0.4, 0.5) is 0 Å². The van der Waals surface area contributed by atoms with E-state index in [-0.39, 0.29) is 59.4 Å². The van der Waals surface area contributed by atoms with Gasteiger partial charge in [-0.2, -0.15) is 0 Å². The van der Waals surface area contributed by atoms with Gasteiger partial charge in [-0.3, -0.25) is 0 Å². The lowest BCUT2D eigenvalue weighted by atomic mass is 10.1. The number of aliphatic hydroxyl groups is 1. The van der Waals surface area contributed by atoms with E-state index in [4.69, 9.17) is 28.4 Å². The monoisotopic (exact) mass is 1330 g/mol. The molecule has 0 amide bonds. The molecule has 9 nitrogen and oxygen atoms in total. The minimum absolute atomic E-state index is 0. The van der Waals surface area contributed by atoms with Crippen LogP contribution < -0.4 is 34.0 Å². The average molecular weight is 1330 g/mol. The first-order valence-corrected chi connectivity index (χ1v) is 36.9. The molecule has 0 saturated carbocycles. The van der Waals surface area contributed by atoms with Crippen molar-refractivity contribution in [3.8, 4) is 0 Å². The highest BCUT2D eigenvalue weighted by molar-refractivity contribution is 4.61. The fourth-order valence-electron chi connectivity index (χ4n) is 11.6. The van der Waals surface area contributed by atoms with Crippen molar-refractivity contribution in [1.82, 2.24) is 0 Å². The van der Waals surface area contributed by atoms with Crippen LogP contribution in [0.25, 0.3) is 0 Å². The number of ether oxygens (including phenoxy) is 6. The van der Waals surface area contributed by atoms with Crippen LogP contribution in [-0.2, 0) is 28.4 Å². The standard InChI is InChI=1S/C73H152N2O7.2BrH/c1-9-13-17-21-25-29-33-37-41-45-49-53-59-77-69-72(81-61-55-51-47-43-39-35-31-27-23-19-15-11-3)65-74(5,6)57-63-79-67-71(76)68-80-64-58-75(7,8)66-73(82-62-56-52-48-44-40-36-32-28-24-20-16-12-4)70-78-60-54-50-46-42-38-34-30-26-22-18-14-10-2;;/h71-73,76H,9-70H2,1-8H3;2*1H/q+2;;/p-2/t72-,73-;;/m1../s1. The number of unbranched alkanes of at least 4 members (excludes halogenated alkanes) is 44. The second-order valence-corrected chi connectivity index (χ2v) is 27.2. The quantitative estimate of drug-likeness (QED) is 0.0480. The summed E-state index contributed by atoms with van der Waals surface area (Å²) in [7, 11) is 9.09. The molecule has 1 N–H and O–H groups in total.